The molecular formula is C30H52O10S2. The third-order valence-corrected chi connectivity index (χ3v) is 14.6. The second kappa shape index (κ2) is 10.6. The van der Waals surface area contributed by atoms with Gasteiger partial charge in [0.15, 0.2) is 0 Å². The summed E-state index contributed by atoms with van der Waals surface area (Å²) in [5.74, 6) is 1.58. The molecule has 0 radical (unpaired) electrons. The fraction of sp³-hybridized carbons (Fsp3) is 1.00. The van der Waals surface area contributed by atoms with Gasteiger partial charge in [-0.2, -0.15) is 16.8 Å². The van der Waals surface area contributed by atoms with Crippen LogP contribution in [0, 0.1) is 57.7 Å². The maximum absolute atomic E-state index is 12.0. The van der Waals surface area contributed by atoms with E-state index in [1.54, 1.807) is 0 Å². The van der Waals surface area contributed by atoms with Crippen molar-refractivity contribution in [2.24, 2.45) is 57.7 Å². The topological polar surface area (TPSA) is 168 Å². The third-order valence-electron chi connectivity index (χ3n) is 13.6. The molecule has 0 aliphatic heterocycles. The molecule has 0 aromatic rings. The van der Waals surface area contributed by atoms with Crippen LogP contribution in [0.2, 0.25) is 0 Å². The van der Waals surface area contributed by atoms with Gasteiger partial charge < -0.3 is 10.2 Å². The normalized spacial score (nSPS) is 48.7. The lowest BCUT2D eigenvalue weighted by Crippen LogP contribution is -2.58. The van der Waals surface area contributed by atoms with E-state index in [2.05, 4.69) is 34.6 Å². The Hall–Kier alpha value is -0.340. The van der Waals surface area contributed by atoms with Crippen LogP contribution < -0.4 is 0 Å². The number of hydrogen-bond donors (Lipinski definition) is 4. The van der Waals surface area contributed by atoms with Gasteiger partial charge in [0.05, 0.1) is 11.7 Å². The lowest BCUT2D eigenvalue weighted by Gasteiger charge is -2.62. The number of hydrogen-bond acceptors (Lipinski definition) is 8. The maximum atomic E-state index is 12.0. The number of rotatable bonds is 9. The first-order valence-corrected chi connectivity index (χ1v) is 18.6. The zero-order valence-corrected chi connectivity index (χ0v) is 27.5. The molecule has 5 fully saturated rings. The molecule has 0 aromatic heterocycles. The molecule has 0 amide bonds. The molecule has 5 saturated carbocycles. The first kappa shape index (κ1) is 33.0. The van der Waals surface area contributed by atoms with Crippen molar-refractivity contribution in [2.45, 2.75) is 130 Å². The summed E-state index contributed by atoms with van der Waals surface area (Å²) in [5, 5.41) is 23.6. The highest BCUT2D eigenvalue weighted by atomic mass is 32.3. The summed E-state index contributed by atoms with van der Waals surface area (Å²) < 4.78 is 75.1. The van der Waals surface area contributed by atoms with Crippen LogP contribution in [0.1, 0.15) is 106 Å². The lowest BCUT2D eigenvalue weighted by atomic mass is 9.44. The van der Waals surface area contributed by atoms with Crippen molar-refractivity contribution in [1.29, 1.82) is 0 Å². The van der Waals surface area contributed by atoms with Crippen LogP contribution in [0.5, 0.6) is 0 Å². The van der Waals surface area contributed by atoms with Gasteiger partial charge >= 0.3 is 20.8 Å². The smallest absolute Gasteiger partial charge is 0.393 e. The molecule has 3 unspecified atom stereocenters. The van der Waals surface area contributed by atoms with Crippen molar-refractivity contribution in [3.05, 3.63) is 0 Å². The largest absolute Gasteiger partial charge is 0.397 e. The molecule has 0 saturated heterocycles. The van der Waals surface area contributed by atoms with E-state index in [-0.39, 0.29) is 53.3 Å². The van der Waals surface area contributed by atoms with Gasteiger partial charge in [-0.25, -0.2) is 8.37 Å². The maximum Gasteiger partial charge on any atom is 0.397 e. The van der Waals surface area contributed by atoms with E-state index in [9.17, 15) is 36.2 Å². The summed E-state index contributed by atoms with van der Waals surface area (Å²) in [4.78, 5) is 0. The van der Waals surface area contributed by atoms with Crippen molar-refractivity contribution in [2.75, 3.05) is 0 Å². The minimum atomic E-state index is -4.90. The van der Waals surface area contributed by atoms with E-state index >= 15 is 0 Å². The summed E-state index contributed by atoms with van der Waals surface area (Å²) in [6.07, 6.45) is 3.94. The van der Waals surface area contributed by atoms with E-state index in [1.165, 1.54) is 6.42 Å². The predicted octanol–water partition coefficient (Wildman–Crippen LogP) is 4.82. The minimum Gasteiger partial charge on any atom is -0.393 e. The Morgan fingerprint density at radius 2 is 1.50 bits per heavy atom. The fourth-order valence-corrected chi connectivity index (χ4v) is 12.5. The molecule has 0 heterocycles. The molecule has 5 aliphatic carbocycles. The SMILES string of the molecule is CC(C)C1(CCC(C)(O)[C@H]2[C@@H](O)C[C@H]3[C@@H]4CC[C@H]5C[C@H](OS(=O)(=O)O)[C@@H](OS(=O)(=O)O)C[C@]5(C)[C@H]4CC[C@]23C)CC1C. The summed E-state index contributed by atoms with van der Waals surface area (Å²) in [6.45, 7) is 13.1. The Balaban J connectivity index is 1.37. The lowest BCUT2D eigenvalue weighted by molar-refractivity contribution is -0.164. The van der Waals surface area contributed by atoms with Gasteiger partial charge in [0.25, 0.3) is 0 Å². The zero-order chi connectivity index (χ0) is 31.3. The van der Waals surface area contributed by atoms with Crippen LogP contribution in [0.25, 0.3) is 0 Å². The first-order valence-electron chi connectivity index (χ1n) is 15.8. The second-order valence-electron chi connectivity index (χ2n) is 15.9. The quantitative estimate of drug-likeness (QED) is 0.258. The van der Waals surface area contributed by atoms with Crippen LogP contribution in [-0.4, -0.2) is 60.1 Å². The van der Waals surface area contributed by atoms with E-state index in [4.69, 9.17) is 8.37 Å². The molecule has 5 aliphatic rings. The van der Waals surface area contributed by atoms with E-state index in [0.717, 1.165) is 32.1 Å². The van der Waals surface area contributed by atoms with E-state index in [0.29, 0.717) is 24.7 Å². The summed E-state index contributed by atoms with van der Waals surface area (Å²) in [5.41, 5.74) is -1.39. The molecule has 12 heteroatoms. The Kier molecular flexibility index (Phi) is 8.34. The van der Waals surface area contributed by atoms with Crippen molar-refractivity contribution in [1.82, 2.24) is 0 Å². The molecule has 0 aromatic carbocycles. The highest BCUT2D eigenvalue weighted by Crippen LogP contribution is 2.69. The molecule has 42 heavy (non-hydrogen) atoms. The number of aliphatic hydroxyl groups excluding tert-OH is 1. The van der Waals surface area contributed by atoms with Crippen LogP contribution in [0.15, 0.2) is 0 Å². The summed E-state index contributed by atoms with van der Waals surface area (Å²) in [7, 11) is -9.76. The average molecular weight is 637 g/mol. The van der Waals surface area contributed by atoms with Gasteiger partial charge in [-0.15, -0.1) is 0 Å². The molecule has 10 nitrogen and oxygen atoms in total. The monoisotopic (exact) mass is 636 g/mol. The Labute approximate surface area is 252 Å². The van der Waals surface area contributed by atoms with Crippen molar-refractivity contribution >= 4 is 20.8 Å². The van der Waals surface area contributed by atoms with Crippen LogP contribution >= 0.6 is 0 Å². The average Bonchev–Trinajstić information content (AvgIpc) is 3.40. The van der Waals surface area contributed by atoms with Gasteiger partial charge in [0, 0.05) is 5.92 Å². The molecule has 5 rings (SSSR count). The van der Waals surface area contributed by atoms with Crippen LogP contribution in [0.3, 0.4) is 0 Å². The second-order valence-corrected chi connectivity index (χ2v) is 18.0. The van der Waals surface area contributed by atoms with E-state index < -0.39 is 50.1 Å². The predicted molar refractivity (Wildman–Crippen MR) is 156 cm³/mol. The molecular weight excluding hydrogens is 584 g/mol. The number of fused-ring (bicyclic) bond motifs is 5. The molecule has 244 valence electrons. The highest BCUT2D eigenvalue weighted by molar-refractivity contribution is 7.81. The Morgan fingerprint density at radius 1 is 0.905 bits per heavy atom. The van der Waals surface area contributed by atoms with Gasteiger partial charge in [-0.05, 0) is 123 Å². The van der Waals surface area contributed by atoms with Gasteiger partial charge in [0.2, 0.25) is 0 Å². The standard InChI is InChI=1S/C30H52O10S2/c1-17(2)30(15-18(30)3)12-11-29(6,32)26-23(31)14-22-20-8-7-19-13-24(39-41(33,34)35)25(40-42(36,37)38)16-28(19,5)21(20)9-10-27(22,26)4/h17-26,31-32H,7-16H2,1-6H3,(H,33,34,35)(H,36,37,38)/t18?,19-,20+,21-,22-,23-,24-,25-,26-,27-,28-,29?,30?/m0/s1. The Morgan fingerprint density at radius 3 is 2.05 bits per heavy atom. The Bertz CT molecular complexity index is 1250. The van der Waals surface area contributed by atoms with Crippen LogP contribution in [-0.2, 0) is 29.2 Å². The fourth-order valence-electron chi connectivity index (χ4n) is 11.5. The van der Waals surface area contributed by atoms with Crippen molar-refractivity contribution < 1.29 is 44.5 Å². The van der Waals surface area contributed by atoms with Crippen molar-refractivity contribution in [3.63, 3.8) is 0 Å². The van der Waals surface area contributed by atoms with Gasteiger partial charge in [0.1, 0.15) is 12.2 Å². The molecule has 0 bridgehead atoms. The van der Waals surface area contributed by atoms with Gasteiger partial charge in [-0.3, -0.25) is 9.11 Å². The highest BCUT2D eigenvalue weighted by Gasteiger charge is 2.66. The molecule has 0 spiro atoms. The van der Waals surface area contributed by atoms with Crippen molar-refractivity contribution in [3.8, 4) is 0 Å². The summed E-state index contributed by atoms with van der Waals surface area (Å²) in [6, 6.07) is 0. The first-order chi connectivity index (χ1) is 19.1. The zero-order valence-electron chi connectivity index (χ0n) is 25.9. The van der Waals surface area contributed by atoms with Gasteiger partial charge in [-0.1, -0.05) is 34.6 Å². The molecule has 13 atom stereocenters. The molecule has 4 N–H and O–H groups in total. The van der Waals surface area contributed by atoms with Crippen LogP contribution in [0.4, 0.5) is 0 Å². The summed E-state index contributed by atoms with van der Waals surface area (Å²) >= 11 is 0. The number of aliphatic hydroxyl groups is 2. The van der Waals surface area contributed by atoms with E-state index in [1.807, 2.05) is 6.92 Å². The third kappa shape index (κ3) is 5.74. The minimum absolute atomic E-state index is 0.00842.